The number of hydrogen-bond donors (Lipinski definition) is 1. The zero-order valence-corrected chi connectivity index (χ0v) is 10.7. The second-order valence-electron chi connectivity index (χ2n) is 3.82. The Morgan fingerprint density at radius 3 is 2.74 bits per heavy atom. The van der Waals surface area contributed by atoms with Gasteiger partial charge in [-0.15, -0.1) is 11.3 Å². The number of nitrogens with zero attached hydrogens (tertiary/aromatic N) is 3. The maximum Gasteiger partial charge on any atom is 0.250 e. The minimum absolute atomic E-state index is 0.459. The lowest BCUT2D eigenvalue weighted by Crippen LogP contribution is -1.82. The summed E-state index contributed by atoms with van der Waals surface area (Å²) in [5.41, 5.74) is 9.11. The number of anilines is 1. The molecule has 6 heteroatoms. The minimum Gasteiger partial charge on any atom is -0.399 e. The molecule has 0 radical (unpaired) electrons. The fourth-order valence-corrected chi connectivity index (χ4v) is 2.05. The van der Waals surface area contributed by atoms with E-state index >= 15 is 0 Å². The molecule has 0 fully saturated rings. The molecule has 0 saturated carbocycles. The lowest BCUT2D eigenvalue weighted by atomic mass is 10.2. The summed E-state index contributed by atoms with van der Waals surface area (Å²) in [6.07, 6.45) is 5.37. The van der Waals surface area contributed by atoms with Crippen molar-refractivity contribution in [3.8, 4) is 10.7 Å². The van der Waals surface area contributed by atoms with Crippen molar-refractivity contribution in [3.05, 3.63) is 47.4 Å². The summed E-state index contributed by atoms with van der Waals surface area (Å²) in [7, 11) is 0. The van der Waals surface area contributed by atoms with Gasteiger partial charge in [-0.2, -0.15) is 4.98 Å². The summed E-state index contributed by atoms with van der Waals surface area (Å²) in [5.74, 6) is 1.01. The van der Waals surface area contributed by atoms with E-state index in [0.717, 1.165) is 16.1 Å². The maximum atomic E-state index is 5.62. The molecule has 0 unspecified atom stereocenters. The van der Waals surface area contributed by atoms with Crippen LogP contribution in [-0.2, 0) is 0 Å². The van der Waals surface area contributed by atoms with E-state index in [1.165, 1.54) is 11.3 Å². The highest BCUT2D eigenvalue weighted by atomic mass is 32.1. The summed E-state index contributed by atoms with van der Waals surface area (Å²) < 4.78 is 5.14. The lowest BCUT2D eigenvalue weighted by Gasteiger charge is -1.93. The van der Waals surface area contributed by atoms with Gasteiger partial charge in [-0.05, 0) is 23.8 Å². The van der Waals surface area contributed by atoms with E-state index in [2.05, 4.69) is 15.1 Å². The van der Waals surface area contributed by atoms with Gasteiger partial charge >= 0.3 is 0 Å². The summed E-state index contributed by atoms with van der Waals surface area (Å²) in [6.45, 7) is 0. The number of rotatable bonds is 3. The molecule has 0 amide bonds. The number of thiazole rings is 1. The zero-order chi connectivity index (χ0) is 13.1. The SMILES string of the molecule is Nc1ccc(/C=C/c2nc(-c3cncs3)no2)cc1. The number of nitrogen functional groups attached to an aromatic ring is 1. The van der Waals surface area contributed by atoms with Crippen LogP contribution in [0.15, 0.2) is 40.5 Å². The van der Waals surface area contributed by atoms with Crippen LogP contribution in [0.25, 0.3) is 22.9 Å². The number of aromatic nitrogens is 3. The fraction of sp³-hybridized carbons (Fsp3) is 0. The predicted molar refractivity (Wildman–Crippen MR) is 75.2 cm³/mol. The molecule has 0 saturated heterocycles. The van der Waals surface area contributed by atoms with Crippen molar-refractivity contribution in [2.24, 2.45) is 0 Å². The van der Waals surface area contributed by atoms with Crippen molar-refractivity contribution in [2.75, 3.05) is 5.73 Å². The first kappa shape index (κ1) is 11.6. The molecule has 94 valence electrons. The summed E-state index contributed by atoms with van der Waals surface area (Å²) in [4.78, 5) is 9.13. The highest BCUT2D eigenvalue weighted by Gasteiger charge is 2.07. The first-order chi connectivity index (χ1) is 9.31. The van der Waals surface area contributed by atoms with Gasteiger partial charge in [-0.3, -0.25) is 4.98 Å². The standard InChI is InChI=1S/C13H10N4OS/c14-10-4-1-9(2-5-10)3-6-12-16-13(17-18-12)11-7-15-8-19-11/h1-8H,14H2/b6-3+. The van der Waals surface area contributed by atoms with Gasteiger partial charge in [0.25, 0.3) is 5.89 Å². The van der Waals surface area contributed by atoms with E-state index < -0.39 is 0 Å². The first-order valence-corrected chi connectivity index (χ1v) is 6.45. The molecule has 0 spiro atoms. The average molecular weight is 270 g/mol. The van der Waals surface area contributed by atoms with Gasteiger partial charge in [-0.25, -0.2) is 0 Å². The molecule has 1 aromatic carbocycles. The average Bonchev–Trinajstić information content (AvgIpc) is 3.09. The molecule has 0 aliphatic carbocycles. The Bertz CT molecular complexity index is 686. The summed E-state index contributed by atoms with van der Waals surface area (Å²) in [5, 5.41) is 3.90. The molecule has 0 aliphatic heterocycles. The third-order valence-electron chi connectivity index (χ3n) is 2.45. The van der Waals surface area contributed by atoms with Crippen molar-refractivity contribution >= 4 is 29.2 Å². The Morgan fingerprint density at radius 2 is 2.00 bits per heavy atom. The van der Waals surface area contributed by atoms with E-state index in [9.17, 15) is 0 Å². The predicted octanol–water partition coefficient (Wildman–Crippen LogP) is 2.95. The molecule has 2 aromatic heterocycles. The van der Waals surface area contributed by atoms with Crippen LogP contribution in [0.5, 0.6) is 0 Å². The molecule has 0 bridgehead atoms. The molecule has 0 aliphatic rings. The van der Waals surface area contributed by atoms with Gasteiger partial charge in [-0.1, -0.05) is 17.3 Å². The normalized spacial score (nSPS) is 11.2. The van der Waals surface area contributed by atoms with E-state index in [0.29, 0.717) is 11.7 Å². The minimum atomic E-state index is 0.459. The van der Waals surface area contributed by atoms with Crippen LogP contribution >= 0.6 is 11.3 Å². The molecule has 19 heavy (non-hydrogen) atoms. The Balaban J connectivity index is 1.78. The monoisotopic (exact) mass is 270 g/mol. The van der Waals surface area contributed by atoms with Crippen LogP contribution in [0.2, 0.25) is 0 Å². The van der Waals surface area contributed by atoms with Gasteiger partial charge in [0.2, 0.25) is 5.82 Å². The van der Waals surface area contributed by atoms with Crippen molar-refractivity contribution in [1.82, 2.24) is 15.1 Å². The smallest absolute Gasteiger partial charge is 0.250 e. The van der Waals surface area contributed by atoms with Crippen LogP contribution in [0.1, 0.15) is 11.5 Å². The van der Waals surface area contributed by atoms with Crippen LogP contribution in [0, 0.1) is 0 Å². The Morgan fingerprint density at radius 1 is 1.16 bits per heavy atom. The highest BCUT2D eigenvalue weighted by molar-refractivity contribution is 7.13. The van der Waals surface area contributed by atoms with Crippen molar-refractivity contribution in [1.29, 1.82) is 0 Å². The Kier molecular flexibility index (Phi) is 3.07. The number of nitrogens with two attached hydrogens (primary N) is 1. The highest BCUT2D eigenvalue weighted by Crippen LogP contribution is 2.20. The van der Waals surface area contributed by atoms with Gasteiger partial charge < -0.3 is 10.3 Å². The van der Waals surface area contributed by atoms with E-state index in [-0.39, 0.29) is 0 Å². The van der Waals surface area contributed by atoms with Crippen molar-refractivity contribution in [2.45, 2.75) is 0 Å². The second kappa shape index (κ2) is 5.03. The van der Waals surface area contributed by atoms with Gasteiger partial charge in [0.15, 0.2) is 0 Å². The van der Waals surface area contributed by atoms with E-state index in [1.54, 1.807) is 17.8 Å². The number of benzene rings is 1. The van der Waals surface area contributed by atoms with Crippen LogP contribution in [0.3, 0.4) is 0 Å². The van der Waals surface area contributed by atoms with Gasteiger partial charge in [0, 0.05) is 18.0 Å². The van der Waals surface area contributed by atoms with Crippen LogP contribution in [0.4, 0.5) is 5.69 Å². The largest absolute Gasteiger partial charge is 0.399 e. The molecule has 3 aromatic rings. The quantitative estimate of drug-likeness (QED) is 0.740. The third kappa shape index (κ3) is 2.69. The molecular weight excluding hydrogens is 260 g/mol. The Labute approximate surface area is 113 Å². The third-order valence-corrected chi connectivity index (χ3v) is 3.22. The number of hydrogen-bond acceptors (Lipinski definition) is 6. The zero-order valence-electron chi connectivity index (χ0n) is 9.85. The maximum absolute atomic E-state index is 5.62. The summed E-state index contributed by atoms with van der Waals surface area (Å²) >= 11 is 1.47. The molecular formula is C13H10N4OS. The lowest BCUT2D eigenvalue weighted by molar-refractivity contribution is 0.411. The van der Waals surface area contributed by atoms with Gasteiger partial charge in [0.1, 0.15) is 0 Å². The molecule has 0 atom stereocenters. The van der Waals surface area contributed by atoms with Crippen LogP contribution < -0.4 is 5.73 Å². The van der Waals surface area contributed by atoms with E-state index in [1.807, 2.05) is 30.3 Å². The van der Waals surface area contributed by atoms with Crippen molar-refractivity contribution < 1.29 is 4.52 Å². The molecule has 5 nitrogen and oxygen atoms in total. The van der Waals surface area contributed by atoms with Crippen molar-refractivity contribution in [3.63, 3.8) is 0 Å². The first-order valence-electron chi connectivity index (χ1n) is 5.57. The molecule has 2 heterocycles. The van der Waals surface area contributed by atoms with Crippen LogP contribution in [-0.4, -0.2) is 15.1 Å². The fourth-order valence-electron chi connectivity index (χ4n) is 1.50. The Hall–Kier alpha value is -2.47. The van der Waals surface area contributed by atoms with E-state index in [4.69, 9.17) is 10.3 Å². The summed E-state index contributed by atoms with van der Waals surface area (Å²) in [6, 6.07) is 7.53. The molecule has 2 N–H and O–H groups in total. The topological polar surface area (TPSA) is 77.8 Å². The molecule has 3 rings (SSSR count). The van der Waals surface area contributed by atoms with Gasteiger partial charge in [0.05, 0.1) is 10.4 Å². The second-order valence-corrected chi connectivity index (χ2v) is 4.71.